The van der Waals surface area contributed by atoms with Crippen LogP contribution in [0.4, 0.5) is 6.01 Å². The predicted molar refractivity (Wildman–Crippen MR) is 127 cm³/mol. The maximum atomic E-state index is 13.1. The number of amides is 1. The van der Waals surface area contributed by atoms with Crippen LogP contribution in [0.3, 0.4) is 0 Å². The summed E-state index contributed by atoms with van der Waals surface area (Å²) in [4.78, 5) is 12.7. The van der Waals surface area contributed by atoms with Crippen LogP contribution in [0.25, 0.3) is 11.5 Å². The Balaban J connectivity index is 1.73. The Kier molecular flexibility index (Phi) is 7.65. The van der Waals surface area contributed by atoms with E-state index in [1.807, 2.05) is 58.9 Å². The van der Waals surface area contributed by atoms with Crippen LogP contribution in [0.1, 0.15) is 43.6 Å². The number of anilines is 1. The third-order valence-corrected chi connectivity index (χ3v) is 6.68. The number of sulfonamides is 1. The van der Waals surface area contributed by atoms with E-state index >= 15 is 0 Å². The molecular weight excluding hydrogens is 440 g/mol. The number of aromatic nitrogens is 2. The third-order valence-electron chi connectivity index (χ3n) is 4.84. The van der Waals surface area contributed by atoms with Crippen molar-refractivity contribution < 1.29 is 17.6 Å². The fraction of sp³-hybridized carbons (Fsp3) is 0.375. The van der Waals surface area contributed by atoms with Crippen molar-refractivity contribution in [2.75, 3.05) is 18.4 Å². The lowest BCUT2D eigenvalue weighted by Crippen LogP contribution is -2.37. The summed E-state index contributed by atoms with van der Waals surface area (Å²) in [5.41, 5.74) is 2.13. The van der Waals surface area contributed by atoms with Crippen LogP contribution in [0.2, 0.25) is 0 Å². The highest BCUT2D eigenvalue weighted by Gasteiger charge is 2.26. The SMILES string of the molecule is Cc1ccc(-c2nnc(NC(=O)c3ccc(S(=O)(=O)N(CC(C)C)CC(C)C)cc3)o2)cc1. The van der Waals surface area contributed by atoms with Crippen LogP contribution in [0.5, 0.6) is 0 Å². The molecule has 1 amide bonds. The second-order valence-corrected chi connectivity index (χ2v) is 10.8. The minimum Gasteiger partial charge on any atom is -0.403 e. The average molecular weight is 471 g/mol. The van der Waals surface area contributed by atoms with Crippen molar-refractivity contribution in [1.82, 2.24) is 14.5 Å². The van der Waals surface area contributed by atoms with E-state index in [0.29, 0.717) is 19.0 Å². The van der Waals surface area contributed by atoms with Gasteiger partial charge < -0.3 is 4.42 Å². The summed E-state index contributed by atoms with van der Waals surface area (Å²) >= 11 is 0. The van der Waals surface area contributed by atoms with Gasteiger partial charge in [0.25, 0.3) is 5.91 Å². The summed E-state index contributed by atoms with van der Waals surface area (Å²) in [6.07, 6.45) is 0. The first-order valence-corrected chi connectivity index (χ1v) is 12.3. The van der Waals surface area contributed by atoms with Crippen LogP contribution in [0.15, 0.2) is 57.8 Å². The zero-order valence-electron chi connectivity index (χ0n) is 19.6. The Morgan fingerprint density at radius 2 is 1.52 bits per heavy atom. The molecule has 0 aliphatic heterocycles. The van der Waals surface area contributed by atoms with Gasteiger partial charge >= 0.3 is 6.01 Å². The highest BCUT2D eigenvalue weighted by atomic mass is 32.2. The molecule has 0 spiro atoms. The van der Waals surface area contributed by atoms with E-state index < -0.39 is 15.9 Å². The number of carbonyl (C=O) groups is 1. The van der Waals surface area contributed by atoms with E-state index in [2.05, 4.69) is 15.5 Å². The molecule has 1 heterocycles. The predicted octanol–water partition coefficient (Wildman–Crippen LogP) is 4.60. The standard InChI is InChI=1S/C24H30N4O4S/c1-16(2)14-28(15-17(3)4)33(30,31)21-12-10-19(11-13-21)22(29)25-24-27-26-23(32-24)20-8-6-18(5)7-9-20/h6-13,16-17H,14-15H2,1-5H3,(H,25,27,29). The van der Waals surface area contributed by atoms with Crippen molar-refractivity contribution in [3.8, 4) is 11.5 Å². The molecule has 176 valence electrons. The lowest BCUT2D eigenvalue weighted by molar-refractivity contribution is 0.102. The molecule has 0 bridgehead atoms. The van der Waals surface area contributed by atoms with Crippen LogP contribution in [-0.2, 0) is 10.0 Å². The molecule has 1 aromatic heterocycles. The number of rotatable bonds is 9. The van der Waals surface area contributed by atoms with E-state index in [0.717, 1.165) is 11.1 Å². The highest BCUT2D eigenvalue weighted by molar-refractivity contribution is 7.89. The maximum Gasteiger partial charge on any atom is 0.322 e. The van der Waals surface area contributed by atoms with Gasteiger partial charge in [-0.1, -0.05) is 50.5 Å². The van der Waals surface area contributed by atoms with Crippen molar-refractivity contribution in [1.29, 1.82) is 0 Å². The van der Waals surface area contributed by atoms with Gasteiger partial charge in [0.05, 0.1) is 4.90 Å². The van der Waals surface area contributed by atoms with Crippen LogP contribution < -0.4 is 5.32 Å². The molecule has 0 aliphatic rings. The van der Waals surface area contributed by atoms with Gasteiger partial charge in [0.1, 0.15) is 0 Å². The molecular formula is C24H30N4O4S. The first kappa shape index (κ1) is 24.6. The molecule has 0 atom stereocenters. The Labute approximate surface area is 195 Å². The van der Waals surface area contributed by atoms with E-state index in [1.165, 1.54) is 28.6 Å². The summed E-state index contributed by atoms with van der Waals surface area (Å²) in [5.74, 6) is 0.215. The third kappa shape index (κ3) is 6.27. The minimum absolute atomic E-state index is 0.0349. The second-order valence-electron chi connectivity index (χ2n) is 8.87. The van der Waals surface area contributed by atoms with E-state index in [4.69, 9.17) is 4.42 Å². The largest absolute Gasteiger partial charge is 0.403 e. The van der Waals surface area contributed by atoms with Crippen molar-refractivity contribution in [2.45, 2.75) is 39.5 Å². The molecule has 0 aliphatic carbocycles. The molecule has 33 heavy (non-hydrogen) atoms. The summed E-state index contributed by atoms with van der Waals surface area (Å²) in [5, 5.41) is 10.4. The summed E-state index contributed by atoms with van der Waals surface area (Å²) in [6, 6.07) is 13.4. The Bertz CT molecular complexity index is 1170. The number of nitrogens with one attached hydrogen (secondary N) is 1. The van der Waals surface area contributed by atoms with Gasteiger partial charge in [-0.3, -0.25) is 10.1 Å². The zero-order chi connectivity index (χ0) is 24.2. The zero-order valence-corrected chi connectivity index (χ0v) is 20.4. The van der Waals surface area contributed by atoms with Crippen molar-refractivity contribution >= 4 is 21.9 Å². The van der Waals surface area contributed by atoms with Gasteiger partial charge in [-0.2, -0.15) is 4.31 Å². The molecule has 1 N–H and O–H groups in total. The van der Waals surface area contributed by atoms with Gasteiger partial charge in [0.2, 0.25) is 15.9 Å². The molecule has 0 fully saturated rings. The molecule has 3 rings (SSSR count). The lowest BCUT2D eigenvalue weighted by atomic mass is 10.1. The Hall–Kier alpha value is -3.04. The number of carbonyl (C=O) groups excluding carboxylic acids is 1. The number of nitrogens with zero attached hydrogens (tertiary/aromatic N) is 3. The van der Waals surface area contributed by atoms with E-state index in [-0.39, 0.29) is 28.3 Å². The lowest BCUT2D eigenvalue weighted by Gasteiger charge is -2.25. The average Bonchev–Trinajstić information content (AvgIpc) is 3.21. The van der Waals surface area contributed by atoms with Gasteiger partial charge in [0, 0.05) is 24.2 Å². The monoisotopic (exact) mass is 470 g/mol. The maximum absolute atomic E-state index is 13.1. The number of hydrogen-bond acceptors (Lipinski definition) is 6. The molecule has 8 nitrogen and oxygen atoms in total. The molecule has 0 unspecified atom stereocenters. The molecule has 9 heteroatoms. The van der Waals surface area contributed by atoms with Gasteiger partial charge in [-0.25, -0.2) is 8.42 Å². The van der Waals surface area contributed by atoms with Crippen LogP contribution >= 0.6 is 0 Å². The normalized spacial score (nSPS) is 12.0. The van der Waals surface area contributed by atoms with Crippen LogP contribution in [-0.4, -0.2) is 41.9 Å². The van der Waals surface area contributed by atoms with Gasteiger partial charge in [-0.15, -0.1) is 5.10 Å². The van der Waals surface area contributed by atoms with Crippen LogP contribution in [0, 0.1) is 18.8 Å². The van der Waals surface area contributed by atoms with Crippen molar-refractivity contribution in [3.63, 3.8) is 0 Å². The first-order chi connectivity index (χ1) is 15.6. The molecule has 0 radical (unpaired) electrons. The number of benzene rings is 2. The fourth-order valence-electron chi connectivity index (χ4n) is 3.27. The quantitative estimate of drug-likeness (QED) is 0.490. The van der Waals surface area contributed by atoms with Crippen molar-refractivity contribution in [2.24, 2.45) is 11.8 Å². The second kappa shape index (κ2) is 10.3. The number of aryl methyl sites for hydroxylation is 1. The fourth-order valence-corrected chi connectivity index (χ4v) is 5.04. The summed E-state index contributed by atoms with van der Waals surface area (Å²) < 4.78 is 33.3. The smallest absolute Gasteiger partial charge is 0.322 e. The first-order valence-electron chi connectivity index (χ1n) is 10.9. The van der Waals surface area contributed by atoms with Gasteiger partial charge in [-0.05, 0) is 55.2 Å². The molecule has 2 aromatic carbocycles. The minimum atomic E-state index is -3.66. The summed E-state index contributed by atoms with van der Waals surface area (Å²) in [6.45, 7) is 10.8. The van der Waals surface area contributed by atoms with Gasteiger partial charge in [0.15, 0.2) is 0 Å². The molecule has 3 aromatic rings. The van der Waals surface area contributed by atoms with Crippen molar-refractivity contribution in [3.05, 3.63) is 59.7 Å². The topological polar surface area (TPSA) is 105 Å². The number of hydrogen-bond donors (Lipinski definition) is 1. The highest BCUT2D eigenvalue weighted by Crippen LogP contribution is 2.22. The van der Waals surface area contributed by atoms with E-state index in [1.54, 1.807) is 0 Å². The molecule has 0 saturated carbocycles. The van der Waals surface area contributed by atoms with E-state index in [9.17, 15) is 13.2 Å². The molecule has 0 saturated heterocycles. The Morgan fingerprint density at radius 1 is 0.939 bits per heavy atom. The summed E-state index contributed by atoms with van der Waals surface area (Å²) in [7, 11) is -3.66. The Morgan fingerprint density at radius 3 is 2.06 bits per heavy atom.